The lowest BCUT2D eigenvalue weighted by atomic mass is 10.0. The van der Waals surface area contributed by atoms with Crippen molar-refractivity contribution in [3.63, 3.8) is 0 Å². The number of esters is 1. The summed E-state index contributed by atoms with van der Waals surface area (Å²) >= 11 is 0. The van der Waals surface area contributed by atoms with E-state index in [1.165, 1.54) is 24.3 Å². The Bertz CT molecular complexity index is 1640. The molecular formula is C27H26N6O12. The number of nitro benzene ring substituents is 4. The van der Waals surface area contributed by atoms with Crippen LogP contribution >= 0.6 is 0 Å². The summed E-state index contributed by atoms with van der Waals surface area (Å²) in [7, 11) is 1.15. The van der Waals surface area contributed by atoms with Gasteiger partial charge in [0.15, 0.2) is 0 Å². The molecule has 1 amide bonds. The Morgan fingerprint density at radius 3 is 1.84 bits per heavy atom. The number of rotatable bonds is 14. The van der Waals surface area contributed by atoms with Gasteiger partial charge in [-0.05, 0) is 35.7 Å². The number of non-ortho nitro benzene ring substituents is 2. The number of hydrogen-bond acceptors (Lipinski definition) is 13. The number of nitrogens with one attached hydrogen (secondary N) is 2. The number of carbonyl (C=O) groups is 2. The van der Waals surface area contributed by atoms with E-state index in [4.69, 9.17) is 9.47 Å². The first kappa shape index (κ1) is 33.3. The molecule has 3 aromatic carbocycles. The van der Waals surface area contributed by atoms with Crippen LogP contribution in [0.3, 0.4) is 0 Å². The normalized spacial score (nSPS) is 12.0. The molecule has 236 valence electrons. The number of nitrogens with zero attached hydrogens (tertiary/aromatic N) is 4. The zero-order valence-electron chi connectivity index (χ0n) is 23.9. The van der Waals surface area contributed by atoms with Crippen LogP contribution in [0.5, 0.6) is 11.5 Å². The number of methoxy groups -OCH3 is 1. The maximum Gasteiger partial charge on any atom is 0.328 e. The molecule has 0 spiro atoms. The van der Waals surface area contributed by atoms with Crippen LogP contribution in [0.15, 0.2) is 60.7 Å². The third-order valence-electron chi connectivity index (χ3n) is 6.40. The van der Waals surface area contributed by atoms with Crippen molar-refractivity contribution < 1.29 is 38.8 Å². The minimum Gasteiger partial charge on any atom is -0.467 e. The van der Waals surface area contributed by atoms with E-state index in [2.05, 4.69) is 10.6 Å². The summed E-state index contributed by atoms with van der Waals surface area (Å²) in [6.07, 6.45) is -0.121. The molecule has 45 heavy (non-hydrogen) atoms. The lowest BCUT2D eigenvalue weighted by molar-refractivity contribution is -0.394. The van der Waals surface area contributed by atoms with Gasteiger partial charge in [-0.2, -0.15) is 0 Å². The zero-order valence-corrected chi connectivity index (χ0v) is 23.9. The van der Waals surface area contributed by atoms with Gasteiger partial charge in [-0.25, -0.2) is 4.79 Å². The molecule has 0 unspecified atom stereocenters. The number of nitro groups is 4. The molecule has 18 heteroatoms. The Labute approximate surface area is 253 Å². The summed E-state index contributed by atoms with van der Waals surface area (Å²) in [6, 6.07) is 9.25. The molecule has 0 aliphatic rings. The van der Waals surface area contributed by atoms with Crippen LogP contribution in [0.25, 0.3) is 0 Å². The molecule has 0 saturated carbocycles. The molecule has 3 aromatic rings. The molecular weight excluding hydrogens is 600 g/mol. The van der Waals surface area contributed by atoms with Crippen molar-refractivity contribution in [3.8, 4) is 11.5 Å². The highest BCUT2D eigenvalue weighted by Crippen LogP contribution is 2.35. The van der Waals surface area contributed by atoms with Gasteiger partial charge in [0, 0.05) is 18.6 Å². The van der Waals surface area contributed by atoms with Crippen molar-refractivity contribution in [2.45, 2.75) is 32.4 Å². The van der Waals surface area contributed by atoms with Gasteiger partial charge in [0.1, 0.15) is 23.5 Å². The molecule has 0 aliphatic heterocycles. The summed E-state index contributed by atoms with van der Waals surface area (Å²) < 4.78 is 10.3. The van der Waals surface area contributed by atoms with E-state index in [1.807, 2.05) is 0 Å². The van der Waals surface area contributed by atoms with Crippen LogP contribution < -0.4 is 15.4 Å². The third kappa shape index (κ3) is 8.43. The fourth-order valence-corrected chi connectivity index (χ4v) is 4.09. The van der Waals surface area contributed by atoms with E-state index in [0.29, 0.717) is 5.56 Å². The monoisotopic (exact) mass is 626 g/mol. The molecule has 0 saturated heterocycles. The van der Waals surface area contributed by atoms with E-state index in [1.54, 1.807) is 13.8 Å². The lowest BCUT2D eigenvalue weighted by Gasteiger charge is -2.25. The summed E-state index contributed by atoms with van der Waals surface area (Å²) in [6.45, 7) is 3.33. The highest BCUT2D eigenvalue weighted by Gasteiger charge is 2.31. The average molecular weight is 627 g/mol. The number of anilines is 1. The minimum atomic E-state index is -1.25. The minimum absolute atomic E-state index is 0.112. The van der Waals surface area contributed by atoms with Crippen molar-refractivity contribution in [2.75, 3.05) is 12.4 Å². The maximum absolute atomic E-state index is 13.4. The van der Waals surface area contributed by atoms with Gasteiger partial charge in [-0.1, -0.05) is 26.0 Å². The molecule has 3 rings (SSSR count). The molecule has 0 radical (unpaired) electrons. The van der Waals surface area contributed by atoms with Crippen LogP contribution in [-0.2, 0) is 20.7 Å². The number of hydrogen-bond donors (Lipinski definition) is 2. The SMILES string of the molecule is COC(=O)[C@@H](NC(=O)[C@H](Cc1ccc(Oc2ccc([N+](=O)[O-])cc2[N+](=O)[O-])cc1)Nc1ccc([N+](=O)[O-])cc1[N+](=O)[O-])C(C)C. The predicted molar refractivity (Wildman–Crippen MR) is 156 cm³/mol. The molecule has 2 N–H and O–H groups in total. The van der Waals surface area contributed by atoms with Crippen molar-refractivity contribution in [3.05, 3.63) is 107 Å². The Morgan fingerprint density at radius 1 is 0.778 bits per heavy atom. The first-order chi connectivity index (χ1) is 21.2. The highest BCUT2D eigenvalue weighted by molar-refractivity contribution is 5.90. The standard InChI is InChI=1S/C27H26N6O12/c1-15(2)25(27(35)44-3)29-26(34)21(28-20-10-6-17(30(36)37)13-22(20)32(40)41)12-16-4-8-19(9-5-16)45-24-11-7-18(31(38)39)14-23(24)33(42)43/h4-11,13-15,21,25,28H,12H2,1-3H3,(H,29,34)/t21-,25-/m0/s1. The van der Waals surface area contributed by atoms with Crippen LogP contribution in [0.1, 0.15) is 19.4 Å². The van der Waals surface area contributed by atoms with Gasteiger partial charge in [-0.15, -0.1) is 0 Å². The number of ether oxygens (including phenoxy) is 2. The van der Waals surface area contributed by atoms with Crippen LogP contribution in [0.4, 0.5) is 28.4 Å². The highest BCUT2D eigenvalue weighted by atomic mass is 16.6. The predicted octanol–water partition coefficient (Wildman–Crippen LogP) is 4.45. The summed E-state index contributed by atoms with van der Waals surface area (Å²) in [5, 5.41) is 50.6. The maximum atomic E-state index is 13.4. The molecule has 0 aliphatic carbocycles. The number of amides is 1. The van der Waals surface area contributed by atoms with Crippen LogP contribution in [0.2, 0.25) is 0 Å². The Kier molecular flexibility index (Phi) is 10.6. The van der Waals surface area contributed by atoms with Gasteiger partial charge < -0.3 is 20.1 Å². The van der Waals surface area contributed by atoms with Crippen molar-refractivity contribution in [2.24, 2.45) is 5.92 Å². The average Bonchev–Trinajstić information content (AvgIpc) is 2.99. The third-order valence-corrected chi connectivity index (χ3v) is 6.40. The fraction of sp³-hybridized carbons (Fsp3) is 0.259. The second-order valence-electron chi connectivity index (χ2n) is 9.78. The summed E-state index contributed by atoms with van der Waals surface area (Å²) in [5.41, 5.74) is -2.07. The van der Waals surface area contributed by atoms with Crippen LogP contribution in [-0.4, -0.2) is 50.8 Å². The molecule has 0 bridgehead atoms. The van der Waals surface area contributed by atoms with Gasteiger partial charge in [0.2, 0.25) is 11.7 Å². The number of benzene rings is 3. The van der Waals surface area contributed by atoms with Gasteiger partial charge in [-0.3, -0.25) is 45.3 Å². The second-order valence-corrected chi connectivity index (χ2v) is 9.78. The molecule has 2 atom stereocenters. The van der Waals surface area contributed by atoms with Crippen molar-refractivity contribution in [1.82, 2.24) is 5.32 Å². The Morgan fingerprint density at radius 2 is 1.33 bits per heavy atom. The van der Waals surface area contributed by atoms with Crippen molar-refractivity contribution in [1.29, 1.82) is 0 Å². The fourth-order valence-electron chi connectivity index (χ4n) is 4.09. The quantitative estimate of drug-likeness (QED) is 0.143. The lowest BCUT2D eigenvalue weighted by Crippen LogP contribution is -2.51. The van der Waals surface area contributed by atoms with Crippen LogP contribution in [0, 0.1) is 46.4 Å². The van der Waals surface area contributed by atoms with Gasteiger partial charge in [0.25, 0.3) is 17.1 Å². The number of carbonyl (C=O) groups excluding carboxylic acids is 2. The van der Waals surface area contributed by atoms with E-state index in [-0.39, 0.29) is 23.6 Å². The zero-order chi connectivity index (χ0) is 33.4. The molecule has 0 heterocycles. The van der Waals surface area contributed by atoms with Gasteiger partial charge in [0.05, 0.1) is 38.9 Å². The molecule has 0 fully saturated rings. The van der Waals surface area contributed by atoms with Crippen molar-refractivity contribution >= 4 is 40.3 Å². The second kappa shape index (κ2) is 14.3. The summed E-state index contributed by atoms with van der Waals surface area (Å²) in [5.74, 6) is -2.00. The smallest absolute Gasteiger partial charge is 0.328 e. The first-order valence-corrected chi connectivity index (χ1v) is 13.0. The van der Waals surface area contributed by atoms with E-state index in [9.17, 15) is 50.0 Å². The van der Waals surface area contributed by atoms with E-state index >= 15 is 0 Å². The van der Waals surface area contributed by atoms with E-state index < -0.39 is 72.3 Å². The summed E-state index contributed by atoms with van der Waals surface area (Å²) in [4.78, 5) is 67.7. The Balaban J connectivity index is 1.93. The first-order valence-electron chi connectivity index (χ1n) is 13.0. The molecule has 18 nitrogen and oxygen atoms in total. The topological polar surface area (TPSA) is 249 Å². The van der Waals surface area contributed by atoms with E-state index in [0.717, 1.165) is 43.5 Å². The van der Waals surface area contributed by atoms with Gasteiger partial charge >= 0.3 is 11.7 Å². The Hall–Kier alpha value is -6.20. The largest absolute Gasteiger partial charge is 0.467 e. The molecule has 0 aromatic heterocycles.